The van der Waals surface area contributed by atoms with Crippen molar-refractivity contribution in [2.75, 3.05) is 12.4 Å². The van der Waals surface area contributed by atoms with Crippen molar-refractivity contribution in [3.63, 3.8) is 0 Å². The average molecular weight is 490 g/mol. The summed E-state index contributed by atoms with van der Waals surface area (Å²) in [5.41, 5.74) is 7.24. The van der Waals surface area contributed by atoms with Crippen LogP contribution in [0.2, 0.25) is 0 Å². The molecule has 3 N–H and O–H groups in total. The molecule has 0 aromatic heterocycles. The van der Waals surface area contributed by atoms with Crippen LogP contribution in [0, 0.1) is 0 Å². The Morgan fingerprint density at radius 2 is 1.31 bits per heavy atom. The van der Waals surface area contributed by atoms with E-state index in [1.165, 1.54) is 7.11 Å². The Balaban J connectivity index is 1.52. The first-order valence-corrected chi connectivity index (χ1v) is 11.5. The van der Waals surface area contributed by atoms with E-state index in [1.807, 2.05) is 12.1 Å². The van der Waals surface area contributed by atoms with E-state index in [1.54, 1.807) is 67.6 Å². The standard InChI is InChI=1S/C28H31N3O5/c1-18(36-24-9-7-6-8-23(24)35-5)25(32)30-31-27(34)20-12-16-22(17-13-20)29-26(33)19-10-14-21(15-11-19)28(2,3)4/h6-18H,1-5H3,(H,29,33)(H,30,32)(H,31,34). The van der Waals surface area contributed by atoms with Crippen molar-refractivity contribution in [2.45, 2.75) is 39.2 Å². The van der Waals surface area contributed by atoms with Crippen molar-refractivity contribution < 1.29 is 23.9 Å². The Hall–Kier alpha value is -4.33. The van der Waals surface area contributed by atoms with Gasteiger partial charge in [-0.05, 0) is 66.4 Å². The number of para-hydroxylation sites is 2. The summed E-state index contributed by atoms with van der Waals surface area (Å²) in [4.78, 5) is 37.3. The summed E-state index contributed by atoms with van der Waals surface area (Å²) >= 11 is 0. The molecule has 0 radical (unpaired) electrons. The molecular weight excluding hydrogens is 458 g/mol. The second-order valence-electron chi connectivity index (χ2n) is 9.21. The molecule has 3 aromatic rings. The van der Waals surface area contributed by atoms with Crippen LogP contribution in [-0.2, 0) is 10.2 Å². The number of hydrazine groups is 1. The molecule has 0 saturated carbocycles. The number of carbonyl (C=O) groups is 3. The zero-order valence-electron chi connectivity index (χ0n) is 21.0. The number of ether oxygens (including phenoxy) is 2. The molecule has 0 aliphatic rings. The van der Waals surface area contributed by atoms with Gasteiger partial charge in [0.15, 0.2) is 17.6 Å². The van der Waals surface area contributed by atoms with Crippen LogP contribution in [0.4, 0.5) is 5.69 Å². The van der Waals surface area contributed by atoms with Gasteiger partial charge in [0.05, 0.1) is 7.11 Å². The van der Waals surface area contributed by atoms with Crippen LogP contribution in [0.1, 0.15) is 54.0 Å². The van der Waals surface area contributed by atoms with Crippen LogP contribution < -0.4 is 25.6 Å². The average Bonchev–Trinajstić information content (AvgIpc) is 2.87. The Morgan fingerprint density at radius 1 is 0.750 bits per heavy atom. The van der Waals surface area contributed by atoms with Crippen molar-refractivity contribution in [1.29, 1.82) is 0 Å². The Morgan fingerprint density at radius 3 is 1.89 bits per heavy atom. The van der Waals surface area contributed by atoms with Crippen molar-refractivity contribution in [3.8, 4) is 11.5 Å². The van der Waals surface area contributed by atoms with Crippen LogP contribution in [0.5, 0.6) is 11.5 Å². The Bertz CT molecular complexity index is 1220. The summed E-state index contributed by atoms with van der Waals surface area (Å²) < 4.78 is 10.8. The van der Waals surface area contributed by atoms with Crippen LogP contribution >= 0.6 is 0 Å². The number of rotatable bonds is 7. The highest BCUT2D eigenvalue weighted by Gasteiger charge is 2.18. The van der Waals surface area contributed by atoms with E-state index in [0.717, 1.165) is 5.56 Å². The maximum Gasteiger partial charge on any atom is 0.279 e. The highest BCUT2D eigenvalue weighted by Crippen LogP contribution is 2.26. The lowest BCUT2D eigenvalue weighted by Gasteiger charge is -2.19. The van der Waals surface area contributed by atoms with Gasteiger partial charge in [0.25, 0.3) is 17.7 Å². The summed E-state index contributed by atoms with van der Waals surface area (Å²) in [6.45, 7) is 7.90. The van der Waals surface area contributed by atoms with Gasteiger partial charge in [-0.15, -0.1) is 0 Å². The zero-order valence-corrected chi connectivity index (χ0v) is 21.0. The van der Waals surface area contributed by atoms with Gasteiger partial charge < -0.3 is 14.8 Å². The van der Waals surface area contributed by atoms with E-state index in [0.29, 0.717) is 28.3 Å². The molecular formula is C28H31N3O5. The lowest BCUT2D eigenvalue weighted by Crippen LogP contribution is -2.47. The molecule has 0 aliphatic carbocycles. The third-order valence-electron chi connectivity index (χ3n) is 5.46. The maximum atomic E-state index is 12.5. The summed E-state index contributed by atoms with van der Waals surface area (Å²) in [6, 6.07) is 20.8. The van der Waals surface area contributed by atoms with Crippen LogP contribution in [0.15, 0.2) is 72.8 Å². The number of benzene rings is 3. The van der Waals surface area contributed by atoms with Gasteiger partial charge >= 0.3 is 0 Å². The predicted molar refractivity (Wildman–Crippen MR) is 138 cm³/mol. The lowest BCUT2D eigenvalue weighted by atomic mass is 9.87. The monoisotopic (exact) mass is 489 g/mol. The van der Waals surface area contributed by atoms with Crippen LogP contribution in [0.25, 0.3) is 0 Å². The van der Waals surface area contributed by atoms with Gasteiger partial charge in [-0.1, -0.05) is 45.0 Å². The molecule has 0 spiro atoms. The number of carbonyl (C=O) groups excluding carboxylic acids is 3. The highest BCUT2D eigenvalue weighted by molar-refractivity contribution is 6.04. The quantitative estimate of drug-likeness (QED) is 0.425. The number of nitrogens with one attached hydrogen (secondary N) is 3. The normalized spacial score (nSPS) is 11.7. The minimum Gasteiger partial charge on any atom is -0.493 e. The van der Waals surface area contributed by atoms with Gasteiger partial charge in [0.1, 0.15) is 0 Å². The number of methoxy groups -OCH3 is 1. The fourth-order valence-corrected chi connectivity index (χ4v) is 3.28. The minimum atomic E-state index is -0.878. The largest absolute Gasteiger partial charge is 0.493 e. The molecule has 8 heteroatoms. The summed E-state index contributed by atoms with van der Waals surface area (Å²) in [5.74, 6) is -0.380. The smallest absolute Gasteiger partial charge is 0.279 e. The van der Waals surface area contributed by atoms with E-state index < -0.39 is 17.9 Å². The van der Waals surface area contributed by atoms with Gasteiger partial charge in [0, 0.05) is 16.8 Å². The number of anilines is 1. The SMILES string of the molecule is COc1ccccc1OC(C)C(=O)NNC(=O)c1ccc(NC(=O)c2ccc(C(C)(C)C)cc2)cc1. The first-order chi connectivity index (χ1) is 17.1. The minimum absolute atomic E-state index is 0.00534. The van der Waals surface area contributed by atoms with Gasteiger partial charge in [-0.3, -0.25) is 25.2 Å². The molecule has 1 atom stereocenters. The third-order valence-corrected chi connectivity index (χ3v) is 5.46. The number of hydrogen-bond donors (Lipinski definition) is 3. The first kappa shape index (κ1) is 26.3. The van der Waals surface area contributed by atoms with Gasteiger partial charge in [-0.2, -0.15) is 0 Å². The summed E-state index contributed by atoms with van der Waals surface area (Å²) in [5, 5.41) is 2.81. The molecule has 0 fully saturated rings. The van der Waals surface area contributed by atoms with Crippen molar-refractivity contribution in [1.82, 2.24) is 10.9 Å². The Labute approximate surface area is 211 Å². The van der Waals surface area contributed by atoms with E-state index >= 15 is 0 Å². The second-order valence-corrected chi connectivity index (χ2v) is 9.21. The molecule has 8 nitrogen and oxygen atoms in total. The summed E-state index contributed by atoms with van der Waals surface area (Å²) in [7, 11) is 1.51. The number of hydrogen-bond acceptors (Lipinski definition) is 5. The van der Waals surface area contributed by atoms with E-state index in [-0.39, 0.29) is 11.3 Å². The topological polar surface area (TPSA) is 106 Å². The molecule has 0 aliphatic heterocycles. The fraction of sp³-hybridized carbons (Fsp3) is 0.250. The fourth-order valence-electron chi connectivity index (χ4n) is 3.28. The van der Waals surface area contributed by atoms with Gasteiger partial charge in [-0.25, -0.2) is 0 Å². The second kappa shape index (κ2) is 11.4. The molecule has 3 rings (SSSR count). The van der Waals surface area contributed by atoms with Gasteiger partial charge in [0.2, 0.25) is 0 Å². The predicted octanol–water partition coefficient (Wildman–Crippen LogP) is 4.47. The molecule has 36 heavy (non-hydrogen) atoms. The van der Waals surface area contributed by atoms with Crippen molar-refractivity contribution in [2.24, 2.45) is 0 Å². The van der Waals surface area contributed by atoms with E-state index in [2.05, 4.69) is 36.9 Å². The van der Waals surface area contributed by atoms with Crippen molar-refractivity contribution >= 4 is 23.4 Å². The molecule has 0 bridgehead atoms. The van der Waals surface area contributed by atoms with E-state index in [9.17, 15) is 14.4 Å². The highest BCUT2D eigenvalue weighted by atomic mass is 16.5. The molecule has 0 heterocycles. The summed E-state index contributed by atoms with van der Waals surface area (Å²) in [6.07, 6.45) is -0.878. The van der Waals surface area contributed by atoms with Crippen molar-refractivity contribution in [3.05, 3.63) is 89.5 Å². The Kier molecular flexibility index (Phi) is 8.32. The lowest BCUT2D eigenvalue weighted by molar-refractivity contribution is -0.128. The molecule has 3 aromatic carbocycles. The third kappa shape index (κ3) is 6.85. The first-order valence-electron chi connectivity index (χ1n) is 11.5. The van der Waals surface area contributed by atoms with E-state index in [4.69, 9.17) is 9.47 Å². The molecule has 188 valence electrons. The van der Waals surface area contributed by atoms with Crippen LogP contribution in [0.3, 0.4) is 0 Å². The zero-order chi connectivity index (χ0) is 26.3. The molecule has 3 amide bonds. The molecule has 0 saturated heterocycles. The molecule has 1 unspecified atom stereocenters. The van der Waals surface area contributed by atoms with Crippen LogP contribution in [-0.4, -0.2) is 30.9 Å². The number of amides is 3. The maximum absolute atomic E-state index is 12.5.